The number of fused-ring (bicyclic) bond motifs is 1. The zero-order valence-electron chi connectivity index (χ0n) is 15.8. The Kier molecular flexibility index (Phi) is 5.11. The second-order valence-electron chi connectivity index (χ2n) is 6.57. The van der Waals surface area contributed by atoms with E-state index < -0.39 is 5.97 Å². The number of hydrogen-bond donors (Lipinski definition) is 1. The number of ether oxygens (including phenoxy) is 1. The second-order valence-corrected chi connectivity index (χ2v) is 6.57. The minimum absolute atomic E-state index is 0.0922. The molecular formula is C22H19N3O4. The van der Waals surface area contributed by atoms with Crippen LogP contribution in [0.4, 0.5) is 5.69 Å². The summed E-state index contributed by atoms with van der Waals surface area (Å²) in [7, 11) is 0. The van der Waals surface area contributed by atoms with Gasteiger partial charge in [0.25, 0.3) is 5.56 Å². The van der Waals surface area contributed by atoms with Gasteiger partial charge in [0.1, 0.15) is 18.0 Å². The number of anilines is 1. The smallest absolute Gasteiger partial charge is 0.340 e. The van der Waals surface area contributed by atoms with E-state index in [1.54, 1.807) is 42.8 Å². The number of para-hydroxylation sites is 1. The molecule has 0 amide bonds. The monoisotopic (exact) mass is 389 g/mol. The molecule has 7 nitrogen and oxygen atoms in total. The first kappa shape index (κ1) is 18.5. The van der Waals surface area contributed by atoms with Crippen molar-refractivity contribution in [1.29, 1.82) is 0 Å². The lowest BCUT2D eigenvalue weighted by Crippen LogP contribution is -2.17. The van der Waals surface area contributed by atoms with Gasteiger partial charge in [-0.05, 0) is 48.9 Å². The molecule has 0 unspecified atom stereocenters. The van der Waals surface area contributed by atoms with Crippen molar-refractivity contribution < 1.29 is 13.9 Å². The lowest BCUT2D eigenvalue weighted by atomic mass is 10.2. The SMILES string of the molecule is Cc1ccn2c(=O)cc(COC(=O)c3ccccc3NCc3ccco3)nc2c1. The summed E-state index contributed by atoms with van der Waals surface area (Å²) in [5.74, 6) is 0.253. The van der Waals surface area contributed by atoms with Gasteiger partial charge in [-0.15, -0.1) is 0 Å². The molecule has 0 fully saturated rings. The van der Waals surface area contributed by atoms with E-state index in [2.05, 4.69) is 10.3 Å². The topological polar surface area (TPSA) is 85.8 Å². The summed E-state index contributed by atoms with van der Waals surface area (Å²) in [6.07, 6.45) is 3.27. The first-order valence-electron chi connectivity index (χ1n) is 9.11. The van der Waals surface area contributed by atoms with Crippen molar-refractivity contribution >= 4 is 17.3 Å². The average molecular weight is 389 g/mol. The fourth-order valence-electron chi connectivity index (χ4n) is 2.96. The number of hydrogen-bond acceptors (Lipinski definition) is 6. The van der Waals surface area contributed by atoms with Crippen LogP contribution in [-0.4, -0.2) is 15.4 Å². The Balaban J connectivity index is 1.49. The lowest BCUT2D eigenvalue weighted by molar-refractivity contribution is 0.0469. The van der Waals surface area contributed by atoms with Crippen molar-refractivity contribution in [3.05, 3.63) is 100.0 Å². The molecule has 7 heteroatoms. The van der Waals surface area contributed by atoms with Gasteiger partial charge in [-0.2, -0.15) is 0 Å². The van der Waals surface area contributed by atoms with Crippen molar-refractivity contribution in [2.24, 2.45) is 0 Å². The number of aryl methyl sites for hydroxylation is 1. The molecule has 0 aliphatic rings. The molecule has 4 rings (SSSR count). The maximum absolute atomic E-state index is 12.6. The van der Waals surface area contributed by atoms with Crippen LogP contribution in [0.5, 0.6) is 0 Å². The van der Waals surface area contributed by atoms with Gasteiger partial charge in [0.15, 0.2) is 0 Å². The Morgan fingerprint density at radius 1 is 1.17 bits per heavy atom. The highest BCUT2D eigenvalue weighted by Gasteiger charge is 2.14. The van der Waals surface area contributed by atoms with Crippen LogP contribution in [0.1, 0.15) is 27.4 Å². The molecule has 1 N–H and O–H groups in total. The van der Waals surface area contributed by atoms with Crippen LogP contribution in [0.15, 0.2) is 76.3 Å². The molecule has 3 aromatic heterocycles. The number of furan rings is 1. The van der Waals surface area contributed by atoms with E-state index in [1.807, 2.05) is 25.1 Å². The summed E-state index contributed by atoms with van der Waals surface area (Å²) in [5, 5.41) is 3.17. The van der Waals surface area contributed by atoms with Gasteiger partial charge in [0.2, 0.25) is 0 Å². The summed E-state index contributed by atoms with van der Waals surface area (Å²) < 4.78 is 12.2. The Labute approximate surface area is 166 Å². The predicted octanol–water partition coefficient (Wildman–Crippen LogP) is 3.57. The Hall–Kier alpha value is -3.87. The molecule has 29 heavy (non-hydrogen) atoms. The number of aromatic nitrogens is 2. The molecule has 146 valence electrons. The number of pyridine rings is 1. The molecule has 0 bridgehead atoms. The summed E-state index contributed by atoms with van der Waals surface area (Å²) >= 11 is 0. The van der Waals surface area contributed by atoms with Crippen LogP contribution in [0, 0.1) is 6.92 Å². The quantitative estimate of drug-likeness (QED) is 0.508. The summed E-state index contributed by atoms with van der Waals surface area (Å²) in [4.78, 5) is 29.3. The van der Waals surface area contributed by atoms with E-state index in [0.29, 0.717) is 29.1 Å². The van der Waals surface area contributed by atoms with E-state index in [1.165, 1.54) is 10.5 Å². The Morgan fingerprint density at radius 3 is 2.86 bits per heavy atom. The van der Waals surface area contributed by atoms with E-state index in [-0.39, 0.29) is 12.2 Å². The molecule has 1 aromatic carbocycles. The number of benzene rings is 1. The molecule has 0 spiro atoms. The number of carbonyl (C=O) groups excluding carboxylic acids is 1. The lowest BCUT2D eigenvalue weighted by Gasteiger charge is -2.11. The number of esters is 1. The van der Waals surface area contributed by atoms with Gasteiger partial charge >= 0.3 is 5.97 Å². The molecule has 0 saturated heterocycles. The van der Waals surface area contributed by atoms with Crippen molar-refractivity contribution in [2.75, 3.05) is 5.32 Å². The zero-order chi connectivity index (χ0) is 20.2. The van der Waals surface area contributed by atoms with Crippen molar-refractivity contribution in [2.45, 2.75) is 20.1 Å². The highest BCUT2D eigenvalue weighted by molar-refractivity contribution is 5.95. The molecule has 4 aromatic rings. The average Bonchev–Trinajstić information content (AvgIpc) is 3.24. The molecule has 0 saturated carbocycles. The number of nitrogens with one attached hydrogen (secondary N) is 1. The van der Waals surface area contributed by atoms with Crippen LogP contribution in [0.3, 0.4) is 0 Å². The van der Waals surface area contributed by atoms with Crippen molar-refractivity contribution in [1.82, 2.24) is 9.38 Å². The molecule has 0 atom stereocenters. The van der Waals surface area contributed by atoms with Gasteiger partial charge in [0.05, 0.1) is 24.1 Å². The van der Waals surface area contributed by atoms with E-state index in [9.17, 15) is 9.59 Å². The van der Waals surface area contributed by atoms with Crippen molar-refractivity contribution in [3.63, 3.8) is 0 Å². The second kappa shape index (κ2) is 8.02. The van der Waals surface area contributed by atoms with Gasteiger partial charge in [0, 0.05) is 18.0 Å². The molecule has 3 heterocycles. The van der Waals surface area contributed by atoms with Crippen molar-refractivity contribution in [3.8, 4) is 0 Å². The number of nitrogens with zero attached hydrogens (tertiary/aromatic N) is 2. The molecule has 0 radical (unpaired) electrons. The van der Waals surface area contributed by atoms with E-state index in [4.69, 9.17) is 9.15 Å². The van der Waals surface area contributed by atoms with Crippen LogP contribution in [0.2, 0.25) is 0 Å². The molecule has 0 aliphatic heterocycles. The molecular weight excluding hydrogens is 370 g/mol. The summed E-state index contributed by atoms with van der Waals surface area (Å²) in [5.41, 5.74) is 2.71. The third-order valence-corrected chi connectivity index (χ3v) is 4.41. The predicted molar refractivity (Wildman–Crippen MR) is 108 cm³/mol. The summed E-state index contributed by atoms with van der Waals surface area (Å²) in [6.45, 7) is 2.27. The minimum atomic E-state index is -0.501. The van der Waals surface area contributed by atoms with Gasteiger partial charge in [-0.25, -0.2) is 9.78 Å². The maximum Gasteiger partial charge on any atom is 0.340 e. The standard InChI is InChI=1S/C22H19N3O4/c1-15-8-9-25-20(11-15)24-16(12-21(25)26)14-29-22(27)18-6-2-3-7-19(18)23-13-17-5-4-10-28-17/h2-12,23H,13-14H2,1H3. The van der Waals surface area contributed by atoms with Gasteiger partial charge < -0.3 is 14.5 Å². The third-order valence-electron chi connectivity index (χ3n) is 4.41. The van der Waals surface area contributed by atoms with Gasteiger partial charge in [-0.3, -0.25) is 9.20 Å². The zero-order valence-corrected chi connectivity index (χ0v) is 15.8. The number of rotatable bonds is 6. The molecule has 0 aliphatic carbocycles. The Morgan fingerprint density at radius 2 is 2.03 bits per heavy atom. The van der Waals surface area contributed by atoms with Gasteiger partial charge in [-0.1, -0.05) is 12.1 Å². The van der Waals surface area contributed by atoms with Crippen LogP contribution in [0.25, 0.3) is 5.65 Å². The normalized spacial score (nSPS) is 10.8. The van der Waals surface area contributed by atoms with Crippen LogP contribution >= 0.6 is 0 Å². The van der Waals surface area contributed by atoms with E-state index in [0.717, 1.165) is 11.3 Å². The van der Waals surface area contributed by atoms with Crippen LogP contribution < -0.4 is 10.9 Å². The highest BCUT2D eigenvalue weighted by Crippen LogP contribution is 2.18. The fourth-order valence-corrected chi connectivity index (χ4v) is 2.96. The fraction of sp³-hybridized carbons (Fsp3) is 0.136. The highest BCUT2D eigenvalue weighted by atomic mass is 16.5. The first-order chi connectivity index (χ1) is 14.1. The minimum Gasteiger partial charge on any atom is -0.467 e. The Bertz CT molecular complexity index is 1210. The third kappa shape index (κ3) is 4.19. The largest absolute Gasteiger partial charge is 0.467 e. The van der Waals surface area contributed by atoms with Crippen LogP contribution in [-0.2, 0) is 17.9 Å². The maximum atomic E-state index is 12.6. The van der Waals surface area contributed by atoms with E-state index >= 15 is 0 Å². The summed E-state index contributed by atoms with van der Waals surface area (Å²) in [6, 6.07) is 15.7. The number of carbonyl (C=O) groups is 1. The first-order valence-corrected chi connectivity index (χ1v) is 9.11.